The van der Waals surface area contributed by atoms with Gasteiger partial charge >= 0.3 is 12.1 Å². The van der Waals surface area contributed by atoms with Crippen molar-refractivity contribution in [1.82, 2.24) is 0 Å². The number of alkyl halides is 3. The lowest BCUT2D eigenvalue weighted by atomic mass is 10.1. The molecule has 0 radical (unpaired) electrons. The van der Waals surface area contributed by atoms with Crippen LogP contribution in [0.5, 0.6) is 0 Å². The molecule has 1 atom stereocenters. The standard InChI is InChI=1S/C6H3F3N2O3/c7-6(8,9)5-10-1-2(4(13)14)3(12)11-5/h1-2H,(H,13,14). The normalized spacial score (nSPS) is 22.1. The number of carbonyl (C=O) groups excluding carboxylic acids is 1. The Morgan fingerprint density at radius 3 is 2.43 bits per heavy atom. The van der Waals surface area contributed by atoms with Crippen LogP contribution in [0.3, 0.4) is 0 Å². The summed E-state index contributed by atoms with van der Waals surface area (Å²) < 4.78 is 35.7. The number of rotatable bonds is 1. The van der Waals surface area contributed by atoms with Gasteiger partial charge in [-0.1, -0.05) is 0 Å². The minimum absolute atomic E-state index is 0.417. The van der Waals surface area contributed by atoms with Crippen LogP contribution in [-0.4, -0.2) is 35.2 Å². The van der Waals surface area contributed by atoms with Crippen molar-refractivity contribution in [2.45, 2.75) is 6.18 Å². The van der Waals surface area contributed by atoms with Gasteiger partial charge in [-0.3, -0.25) is 9.59 Å². The maximum atomic E-state index is 11.9. The third-order valence-corrected chi connectivity index (χ3v) is 1.35. The molecule has 0 spiro atoms. The van der Waals surface area contributed by atoms with E-state index in [1.807, 2.05) is 0 Å². The number of nitrogens with zero attached hydrogens (tertiary/aromatic N) is 2. The van der Waals surface area contributed by atoms with E-state index in [9.17, 15) is 22.8 Å². The van der Waals surface area contributed by atoms with Crippen molar-refractivity contribution in [3.05, 3.63) is 0 Å². The summed E-state index contributed by atoms with van der Waals surface area (Å²) in [6.07, 6.45) is -4.42. The van der Waals surface area contributed by atoms with Crippen molar-refractivity contribution < 1.29 is 27.9 Å². The highest BCUT2D eigenvalue weighted by Crippen LogP contribution is 2.20. The van der Waals surface area contributed by atoms with Gasteiger partial charge < -0.3 is 5.11 Å². The SMILES string of the molecule is O=C(O)C1C=NC(C(F)(F)F)=NC1=O. The van der Waals surface area contributed by atoms with Gasteiger partial charge in [-0.2, -0.15) is 18.2 Å². The molecule has 14 heavy (non-hydrogen) atoms. The monoisotopic (exact) mass is 208 g/mol. The Balaban J connectivity index is 2.94. The Morgan fingerprint density at radius 1 is 1.50 bits per heavy atom. The van der Waals surface area contributed by atoms with Gasteiger partial charge in [0.1, 0.15) is 0 Å². The van der Waals surface area contributed by atoms with Crippen molar-refractivity contribution in [3.63, 3.8) is 0 Å². The number of carboxylic acids is 1. The molecule has 0 fully saturated rings. The highest BCUT2D eigenvalue weighted by molar-refractivity contribution is 6.19. The minimum Gasteiger partial charge on any atom is -0.480 e. The number of hydrogen-bond acceptors (Lipinski definition) is 3. The quantitative estimate of drug-likeness (QED) is 0.627. The van der Waals surface area contributed by atoms with Gasteiger partial charge in [0.15, 0.2) is 5.92 Å². The Bertz CT molecular complexity index is 345. The van der Waals surface area contributed by atoms with E-state index in [0.717, 1.165) is 0 Å². The molecule has 76 valence electrons. The Morgan fingerprint density at radius 2 is 2.07 bits per heavy atom. The van der Waals surface area contributed by atoms with Gasteiger partial charge in [0.05, 0.1) is 0 Å². The van der Waals surface area contributed by atoms with Gasteiger partial charge in [0.25, 0.3) is 5.91 Å². The van der Waals surface area contributed by atoms with Gasteiger partial charge in [-0.25, -0.2) is 4.99 Å². The van der Waals surface area contributed by atoms with Crippen LogP contribution in [0.25, 0.3) is 0 Å². The molecule has 0 aromatic rings. The van der Waals surface area contributed by atoms with Gasteiger partial charge in [0, 0.05) is 6.21 Å². The highest BCUT2D eigenvalue weighted by atomic mass is 19.4. The van der Waals surface area contributed by atoms with E-state index in [1.54, 1.807) is 0 Å². The maximum absolute atomic E-state index is 11.9. The van der Waals surface area contributed by atoms with E-state index in [4.69, 9.17) is 5.11 Å². The van der Waals surface area contributed by atoms with Crippen molar-refractivity contribution in [2.75, 3.05) is 0 Å². The number of aliphatic carboxylic acids is 1. The fourth-order valence-corrected chi connectivity index (χ4v) is 0.718. The van der Waals surface area contributed by atoms with E-state index in [2.05, 4.69) is 9.98 Å². The zero-order chi connectivity index (χ0) is 10.9. The molecule has 0 bridgehead atoms. The molecular formula is C6H3F3N2O3. The lowest BCUT2D eigenvalue weighted by molar-refractivity contribution is -0.143. The molecule has 1 N–H and O–H groups in total. The first-order valence-corrected chi connectivity index (χ1v) is 3.29. The fourth-order valence-electron chi connectivity index (χ4n) is 0.718. The lowest BCUT2D eigenvalue weighted by Crippen LogP contribution is -2.32. The second-order valence-corrected chi connectivity index (χ2v) is 2.37. The average Bonchev–Trinajstić information content (AvgIpc) is 2.01. The van der Waals surface area contributed by atoms with E-state index in [1.165, 1.54) is 0 Å². The maximum Gasteiger partial charge on any atom is 0.451 e. The van der Waals surface area contributed by atoms with E-state index < -0.39 is 29.8 Å². The van der Waals surface area contributed by atoms with Gasteiger partial charge in [-0.05, 0) is 0 Å². The molecule has 0 saturated carbocycles. The van der Waals surface area contributed by atoms with Crippen molar-refractivity contribution in [2.24, 2.45) is 15.9 Å². The van der Waals surface area contributed by atoms with Crippen LogP contribution in [0, 0.1) is 5.92 Å². The summed E-state index contributed by atoms with van der Waals surface area (Å²) in [6.45, 7) is 0. The largest absolute Gasteiger partial charge is 0.480 e. The number of hydrogen-bond donors (Lipinski definition) is 1. The smallest absolute Gasteiger partial charge is 0.451 e. The van der Waals surface area contributed by atoms with Crippen LogP contribution in [-0.2, 0) is 9.59 Å². The first kappa shape index (κ1) is 10.4. The van der Waals surface area contributed by atoms with Crippen LogP contribution >= 0.6 is 0 Å². The molecule has 0 aromatic carbocycles. The summed E-state index contributed by atoms with van der Waals surface area (Å²) in [5.74, 6) is -6.30. The predicted molar refractivity (Wildman–Crippen MR) is 38.1 cm³/mol. The van der Waals surface area contributed by atoms with E-state index in [0.29, 0.717) is 6.21 Å². The average molecular weight is 208 g/mol. The summed E-state index contributed by atoms with van der Waals surface area (Å²) in [7, 11) is 0. The number of carboxylic acid groups (broad SMARTS) is 1. The van der Waals surface area contributed by atoms with Crippen LogP contribution in [0.15, 0.2) is 9.98 Å². The second-order valence-electron chi connectivity index (χ2n) is 2.37. The van der Waals surface area contributed by atoms with Crippen LogP contribution in [0.4, 0.5) is 13.2 Å². The summed E-state index contributed by atoms with van der Waals surface area (Å²) in [5, 5.41) is 8.34. The molecule has 1 rings (SSSR count). The molecule has 1 unspecified atom stereocenters. The molecule has 1 aliphatic heterocycles. The molecular weight excluding hydrogens is 205 g/mol. The summed E-state index contributed by atoms with van der Waals surface area (Å²) in [6, 6.07) is 0. The predicted octanol–water partition coefficient (Wildman–Crippen LogP) is 0.259. The zero-order valence-electron chi connectivity index (χ0n) is 6.45. The first-order valence-electron chi connectivity index (χ1n) is 3.29. The van der Waals surface area contributed by atoms with E-state index >= 15 is 0 Å². The Hall–Kier alpha value is -1.73. The molecule has 8 heteroatoms. The molecule has 0 saturated heterocycles. The summed E-state index contributed by atoms with van der Waals surface area (Å²) in [5.41, 5.74) is 0. The summed E-state index contributed by atoms with van der Waals surface area (Å²) in [4.78, 5) is 26.3. The number of carbonyl (C=O) groups is 2. The zero-order valence-corrected chi connectivity index (χ0v) is 6.45. The number of amidine groups is 1. The second kappa shape index (κ2) is 3.20. The Kier molecular flexibility index (Phi) is 2.37. The molecule has 0 aliphatic carbocycles. The van der Waals surface area contributed by atoms with Crippen LogP contribution in [0.2, 0.25) is 0 Å². The number of halogens is 3. The first-order chi connectivity index (χ1) is 6.32. The van der Waals surface area contributed by atoms with Gasteiger partial charge in [0.2, 0.25) is 5.84 Å². The van der Waals surface area contributed by atoms with Crippen molar-refractivity contribution in [1.29, 1.82) is 0 Å². The number of amides is 1. The number of aliphatic imine (C=N–C) groups is 2. The molecule has 1 aliphatic rings. The molecule has 5 nitrogen and oxygen atoms in total. The fraction of sp³-hybridized carbons (Fsp3) is 0.333. The summed E-state index contributed by atoms with van der Waals surface area (Å²) >= 11 is 0. The van der Waals surface area contributed by atoms with E-state index in [-0.39, 0.29) is 0 Å². The van der Waals surface area contributed by atoms with Gasteiger partial charge in [-0.15, -0.1) is 0 Å². The minimum atomic E-state index is -4.84. The van der Waals surface area contributed by atoms with Crippen molar-refractivity contribution >= 4 is 23.9 Å². The van der Waals surface area contributed by atoms with Crippen molar-refractivity contribution in [3.8, 4) is 0 Å². The van der Waals surface area contributed by atoms with Crippen LogP contribution in [0.1, 0.15) is 0 Å². The third kappa shape index (κ3) is 1.95. The topological polar surface area (TPSA) is 79.1 Å². The molecule has 0 aromatic heterocycles. The molecule has 1 amide bonds. The molecule has 1 heterocycles. The lowest BCUT2D eigenvalue weighted by Gasteiger charge is -2.11. The third-order valence-electron chi connectivity index (χ3n) is 1.35. The highest BCUT2D eigenvalue weighted by Gasteiger charge is 2.40. The Labute approximate surface area is 75.0 Å². The van der Waals surface area contributed by atoms with Crippen LogP contribution < -0.4 is 0 Å².